The summed E-state index contributed by atoms with van der Waals surface area (Å²) in [5, 5.41) is 2.86. The summed E-state index contributed by atoms with van der Waals surface area (Å²) in [6.45, 7) is 7.73. The van der Waals surface area contributed by atoms with Gasteiger partial charge in [-0.15, -0.1) is 0 Å². The molecule has 4 nitrogen and oxygen atoms in total. The van der Waals surface area contributed by atoms with Gasteiger partial charge in [0.15, 0.2) is 0 Å². The van der Waals surface area contributed by atoms with Gasteiger partial charge in [-0.2, -0.15) is 0 Å². The fraction of sp³-hybridized carbons (Fsp3) is 0.250. The second kappa shape index (κ2) is 5.74. The lowest BCUT2D eigenvalue weighted by molar-refractivity contribution is -0.117. The Morgan fingerprint density at radius 1 is 1.35 bits per heavy atom. The second-order valence-electron chi connectivity index (χ2n) is 4.84. The molecule has 20 heavy (non-hydrogen) atoms. The van der Waals surface area contributed by atoms with Crippen molar-refractivity contribution in [2.45, 2.75) is 20.4 Å². The quantitative estimate of drug-likeness (QED) is 0.867. The summed E-state index contributed by atoms with van der Waals surface area (Å²) in [5.74, 6) is 0.784. The number of carbonyl (C=O) groups is 1. The minimum Gasteiger partial charge on any atom is -0.347 e. The molecule has 0 aliphatic carbocycles. The van der Waals surface area contributed by atoms with Crippen LogP contribution in [0.4, 0.5) is 0 Å². The van der Waals surface area contributed by atoms with Crippen molar-refractivity contribution in [2.24, 2.45) is 7.05 Å². The van der Waals surface area contributed by atoms with Gasteiger partial charge in [0.1, 0.15) is 5.82 Å². The van der Waals surface area contributed by atoms with Gasteiger partial charge >= 0.3 is 0 Å². The first-order chi connectivity index (χ1) is 9.50. The minimum absolute atomic E-state index is 0.136. The van der Waals surface area contributed by atoms with Crippen molar-refractivity contribution in [1.29, 1.82) is 0 Å². The molecule has 2 rings (SSSR count). The Morgan fingerprint density at radius 2 is 2.00 bits per heavy atom. The number of hydrogen-bond donors (Lipinski definition) is 1. The zero-order chi connectivity index (χ0) is 14.7. The molecule has 0 saturated carbocycles. The molecule has 2 aromatic rings. The van der Waals surface area contributed by atoms with Crippen LogP contribution in [-0.4, -0.2) is 15.5 Å². The predicted molar refractivity (Wildman–Crippen MR) is 80.0 cm³/mol. The molecule has 0 aliphatic heterocycles. The van der Waals surface area contributed by atoms with Crippen LogP contribution < -0.4 is 5.32 Å². The molecule has 0 spiro atoms. The molecule has 1 amide bonds. The first kappa shape index (κ1) is 14.1. The van der Waals surface area contributed by atoms with Crippen LogP contribution in [0.5, 0.6) is 0 Å². The van der Waals surface area contributed by atoms with Crippen LogP contribution in [0.25, 0.3) is 11.3 Å². The van der Waals surface area contributed by atoms with Gasteiger partial charge in [-0.1, -0.05) is 36.9 Å². The highest BCUT2D eigenvalue weighted by Crippen LogP contribution is 2.23. The van der Waals surface area contributed by atoms with Crippen molar-refractivity contribution in [3.63, 3.8) is 0 Å². The summed E-state index contributed by atoms with van der Waals surface area (Å²) in [4.78, 5) is 16.2. The third-order valence-electron chi connectivity index (χ3n) is 3.29. The average molecular weight is 269 g/mol. The topological polar surface area (TPSA) is 46.9 Å². The number of aryl methyl sites for hydroxylation is 1. The van der Waals surface area contributed by atoms with Gasteiger partial charge in [-0.3, -0.25) is 4.79 Å². The van der Waals surface area contributed by atoms with Crippen molar-refractivity contribution in [1.82, 2.24) is 14.9 Å². The largest absolute Gasteiger partial charge is 0.347 e. The van der Waals surface area contributed by atoms with E-state index in [4.69, 9.17) is 0 Å². The summed E-state index contributed by atoms with van der Waals surface area (Å²) in [7, 11) is 1.96. The first-order valence-corrected chi connectivity index (χ1v) is 6.52. The summed E-state index contributed by atoms with van der Waals surface area (Å²) in [5.41, 5.74) is 3.46. The van der Waals surface area contributed by atoms with Crippen molar-refractivity contribution >= 4 is 5.91 Å². The molecular weight excluding hydrogens is 250 g/mol. The van der Waals surface area contributed by atoms with Crippen LogP contribution in [-0.2, 0) is 18.4 Å². The predicted octanol–water partition coefficient (Wildman–Crippen LogP) is 2.59. The van der Waals surface area contributed by atoms with Gasteiger partial charge in [0.05, 0.1) is 17.9 Å². The molecular formula is C16H19N3O. The van der Waals surface area contributed by atoms with Crippen LogP contribution in [0.1, 0.15) is 18.4 Å². The fourth-order valence-corrected chi connectivity index (χ4v) is 2.00. The second-order valence-corrected chi connectivity index (χ2v) is 4.84. The molecule has 104 valence electrons. The Balaban J connectivity index is 2.33. The van der Waals surface area contributed by atoms with E-state index < -0.39 is 0 Å². The number of nitrogens with zero attached hydrogens (tertiary/aromatic N) is 2. The Hall–Kier alpha value is -2.36. The Labute approximate surface area is 119 Å². The fourth-order valence-electron chi connectivity index (χ4n) is 2.00. The maximum absolute atomic E-state index is 11.6. The van der Waals surface area contributed by atoms with Crippen molar-refractivity contribution < 1.29 is 4.79 Å². The lowest BCUT2D eigenvalue weighted by Gasteiger charge is -2.08. The maximum atomic E-state index is 11.6. The van der Waals surface area contributed by atoms with Crippen LogP contribution in [0, 0.1) is 6.92 Å². The highest BCUT2D eigenvalue weighted by Gasteiger charge is 2.14. The maximum Gasteiger partial charge on any atom is 0.246 e. The lowest BCUT2D eigenvalue weighted by atomic mass is 10.1. The molecule has 0 unspecified atom stereocenters. The van der Waals surface area contributed by atoms with E-state index in [0.29, 0.717) is 12.1 Å². The van der Waals surface area contributed by atoms with E-state index in [1.54, 1.807) is 6.92 Å². The molecule has 4 heteroatoms. The summed E-state index contributed by atoms with van der Waals surface area (Å²) < 4.78 is 2.00. The Bertz CT molecular complexity index is 641. The molecule has 1 heterocycles. The Kier molecular flexibility index (Phi) is 4.03. The van der Waals surface area contributed by atoms with Gasteiger partial charge in [0.25, 0.3) is 0 Å². The van der Waals surface area contributed by atoms with Gasteiger partial charge in [-0.05, 0) is 13.8 Å². The zero-order valence-corrected chi connectivity index (χ0v) is 12.1. The van der Waals surface area contributed by atoms with Gasteiger partial charge in [-0.25, -0.2) is 4.98 Å². The summed E-state index contributed by atoms with van der Waals surface area (Å²) in [6, 6.07) is 9.98. The highest BCUT2D eigenvalue weighted by molar-refractivity contribution is 5.92. The smallest absolute Gasteiger partial charge is 0.246 e. The number of hydrogen-bond acceptors (Lipinski definition) is 2. The lowest BCUT2D eigenvalue weighted by Crippen LogP contribution is -2.24. The van der Waals surface area contributed by atoms with Crippen molar-refractivity contribution in [3.05, 3.63) is 54.0 Å². The van der Waals surface area contributed by atoms with Crippen LogP contribution in [0.2, 0.25) is 0 Å². The monoisotopic (exact) mass is 269 g/mol. The molecule has 1 aromatic heterocycles. The average Bonchev–Trinajstić information content (AvgIpc) is 2.73. The number of benzene rings is 1. The first-order valence-electron chi connectivity index (χ1n) is 6.52. The van der Waals surface area contributed by atoms with E-state index in [-0.39, 0.29) is 5.91 Å². The molecule has 0 aliphatic rings. The highest BCUT2D eigenvalue weighted by atomic mass is 16.1. The van der Waals surface area contributed by atoms with E-state index in [2.05, 4.69) is 16.9 Å². The van der Waals surface area contributed by atoms with Crippen LogP contribution in [0.15, 0.2) is 42.5 Å². The number of amides is 1. The minimum atomic E-state index is -0.136. The Morgan fingerprint density at radius 3 is 2.60 bits per heavy atom. The van der Waals surface area contributed by atoms with E-state index in [9.17, 15) is 4.79 Å². The third-order valence-corrected chi connectivity index (χ3v) is 3.29. The van der Waals surface area contributed by atoms with E-state index in [1.165, 1.54) is 0 Å². The number of nitrogens with one attached hydrogen (secondary N) is 1. The normalized spacial score (nSPS) is 10.3. The van der Waals surface area contributed by atoms with Gasteiger partial charge < -0.3 is 9.88 Å². The summed E-state index contributed by atoms with van der Waals surface area (Å²) in [6.07, 6.45) is 0. The number of aromatic nitrogens is 2. The number of carbonyl (C=O) groups excluding carboxylic acids is 1. The van der Waals surface area contributed by atoms with Crippen LogP contribution >= 0.6 is 0 Å². The van der Waals surface area contributed by atoms with Crippen LogP contribution in [0.3, 0.4) is 0 Å². The number of imidazole rings is 1. The van der Waals surface area contributed by atoms with Gasteiger partial charge in [0, 0.05) is 18.2 Å². The van der Waals surface area contributed by atoms with E-state index in [0.717, 1.165) is 22.8 Å². The molecule has 0 bridgehead atoms. The zero-order valence-electron chi connectivity index (χ0n) is 12.1. The van der Waals surface area contributed by atoms with E-state index >= 15 is 0 Å². The molecule has 0 radical (unpaired) electrons. The molecule has 1 N–H and O–H groups in total. The molecule has 1 aromatic carbocycles. The SMILES string of the molecule is C=C(C)C(=O)NCc1c(-c2ccccc2)nc(C)n1C. The third kappa shape index (κ3) is 2.79. The van der Waals surface area contributed by atoms with Gasteiger partial charge in [0.2, 0.25) is 5.91 Å². The van der Waals surface area contributed by atoms with Crippen molar-refractivity contribution in [2.75, 3.05) is 0 Å². The molecule has 0 fully saturated rings. The van der Waals surface area contributed by atoms with E-state index in [1.807, 2.05) is 48.9 Å². The summed E-state index contributed by atoms with van der Waals surface area (Å²) >= 11 is 0. The standard InChI is InChI=1S/C16H19N3O/c1-11(2)16(20)17-10-14-15(18-12(3)19(14)4)13-8-6-5-7-9-13/h5-9H,1,10H2,2-4H3,(H,17,20). The molecule has 0 atom stereocenters. The number of rotatable bonds is 4. The molecule has 0 saturated heterocycles. The van der Waals surface area contributed by atoms with Crippen molar-refractivity contribution in [3.8, 4) is 11.3 Å².